The number of hydrogen-bond donors (Lipinski definition) is 1. The zero-order valence-electron chi connectivity index (χ0n) is 15.5. The molecule has 1 N–H and O–H groups in total. The van der Waals surface area contributed by atoms with E-state index in [0.29, 0.717) is 16.1 Å². The lowest BCUT2D eigenvalue weighted by atomic mass is 10.1. The fourth-order valence-corrected chi connectivity index (χ4v) is 3.29. The predicted molar refractivity (Wildman–Crippen MR) is 116 cm³/mol. The Hall–Kier alpha value is -3.44. The summed E-state index contributed by atoms with van der Waals surface area (Å²) in [7, 11) is 0. The molecular formula is C23H18ClN3O2. The van der Waals surface area contributed by atoms with Crippen molar-refractivity contribution in [3.05, 3.63) is 94.2 Å². The third kappa shape index (κ3) is 4.20. The Bertz CT molecular complexity index is 1220. The summed E-state index contributed by atoms with van der Waals surface area (Å²) < 4.78 is 1.36. The first-order valence-corrected chi connectivity index (χ1v) is 9.60. The lowest BCUT2D eigenvalue weighted by molar-refractivity contribution is -0.116. The standard InChI is InChI=1S/C23H18ClN3O2/c24-17-12-10-16(11-13-17)22-19-8-4-5-9-20(19)23(29)27(26-22)15-14-21(28)25-18-6-2-1-3-7-18/h1-13H,14-15H2,(H,25,28). The Labute approximate surface area is 172 Å². The summed E-state index contributed by atoms with van der Waals surface area (Å²) in [6, 6.07) is 23.9. The smallest absolute Gasteiger partial charge is 0.274 e. The Morgan fingerprint density at radius 1 is 0.897 bits per heavy atom. The second kappa shape index (κ2) is 8.29. The van der Waals surface area contributed by atoms with Gasteiger partial charge in [0.05, 0.1) is 17.6 Å². The van der Waals surface area contributed by atoms with E-state index in [0.717, 1.165) is 16.6 Å². The zero-order valence-corrected chi connectivity index (χ0v) is 16.3. The highest BCUT2D eigenvalue weighted by molar-refractivity contribution is 6.30. The lowest BCUT2D eigenvalue weighted by Crippen LogP contribution is -2.26. The van der Waals surface area contributed by atoms with Crippen molar-refractivity contribution in [2.45, 2.75) is 13.0 Å². The van der Waals surface area contributed by atoms with Crippen LogP contribution < -0.4 is 10.9 Å². The Morgan fingerprint density at radius 3 is 2.28 bits per heavy atom. The average Bonchev–Trinajstić information content (AvgIpc) is 2.75. The van der Waals surface area contributed by atoms with Gasteiger partial charge in [-0.25, -0.2) is 4.68 Å². The van der Waals surface area contributed by atoms with Gasteiger partial charge in [0.25, 0.3) is 5.56 Å². The van der Waals surface area contributed by atoms with Crippen LogP contribution in [0.3, 0.4) is 0 Å². The first-order valence-electron chi connectivity index (χ1n) is 9.22. The van der Waals surface area contributed by atoms with Gasteiger partial charge in [-0.05, 0) is 30.3 Å². The van der Waals surface area contributed by atoms with Crippen LogP contribution in [0.4, 0.5) is 5.69 Å². The van der Waals surface area contributed by atoms with Gasteiger partial charge in [-0.15, -0.1) is 0 Å². The molecule has 1 heterocycles. The number of aromatic nitrogens is 2. The van der Waals surface area contributed by atoms with Gasteiger partial charge < -0.3 is 5.32 Å². The molecule has 0 unspecified atom stereocenters. The fraction of sp³-hybridized carbons (Fsp3) is 0.0870. The molecular weight excluding hydrogens is 386 g/mol. The van der Waals surface area contributed by atoms with E-state index in [4.69, 9.17) is 11.6 Å². The Morgan fingerprint density at radius 2 is 1.55 bits per heavy atom. The Kier molecular flexibility index (Phi) is 5.40. The van der Waals surface area contributed by atoms with Crippen LogP contribution in [-0.2, 0) is 11.3 Å². The molecule has 0 saturated carbocycles. The maximum atomic E-state index is 12.9. The molecule has 6 heteroatoms. The summed E-state index contributed by atoms with van der Waals surface area (Å²) in [5.41, 5.74) is 2.04. The maximum Gasteiger partial charge on any atom is 0.274 e. The number of benzene rings is 3. The molecule has 0 radical (unpaired) electrons. The van der Waals surface area contributed by atoms with Crippen molar-refractivity contribution < 1.29 is 4.79 Å². The van der Waals surface area contributed by atoms with Gasteiger partial charge in [-0.2, -0.15) is 5.10 Å². The van der Waals surface area contributed by atoms with Gasteiger partial charge in [-0.3, -0.25) is 9.59 Å². The highest BCUT2D eigenvalue weighted by Gasteiger charge is 2.13. The molecule has 0 aliphatic rings. The van der Waals surface area contributed by atoms with Crippen molar-refractivity contribution in [1.82, 2.24) is 9.78 Å². The number of amides is 1. The fourth-order valence-electron chi connectivity index (χ4n) is 3.16. The number of nitrogens with one attached hydrogen (secondary N) is 1. The van der Waals surface area contributed by atoms with E-state index in [2.05, 4.69) is 10.4 Å². The lowest BCUT2D eigenvalue weighted by Gasteiger charge is -2.11. The van der Waals surface area contributed by atoms with E-state index in [9.17, 15) is 9.59 Å². The van der Waals surface area contributed by atoms with Gasteiger partial charge >= 0.3 is 0 Å². The number of carbonyl (C=O) groups is 1. The van der Waals surface area contributed by atoms with E-state index in [-0.39, 0.29) is 24.4 Å². The maximum absolute atomic E-state index is 12.9. The van der Waals surface area contributed by atoms with E-state index in [1.54, 1.807) is 18.2 Å². The van der Waals surface area contributed by atoms with Gasteiger partial charge in [0.2, 0.25) is 5.91 Å². The molecule has 1 amide bonds. The van der Waals surface area contributed by atoms with Crippen molar-refractivity contribution in [2.75, 3.05) is 5.32 Å². The highest BCUT2D eigenvalue weighted by Crippen LogP contribution is 2.25. The molecule has 144 valence electrons. The summed E-state index contributed by atoms with van der Waals surface area (Å²) in [5, 5.41) is 9.35. The molecule has 1 aromatic heterocycles. The minimum Gasteiger partial charge on any atom is -0.326 e. The van der Waals surface area contributed by atoms with Gasteiger partial charge in [0.15, 0.2) is 0 Å². The van der Waals surface area contributed by atoms with E-state index >= 15 is 0 Å². The minimum absolute atomic E-state index is 0.139. The molecule has 0 spiro atoms. The van der Waals surface area contributed by atoms with E-state index < -0.39 is 0 Å². The third-order valence-corrected chi connectivity index (χ3v) is 4.85. The number of carbonyl (C=O) groups excluding carboxylic acids is 1. The SMILES string of the molecule is O=C(CCn1nc(-c2ccc(Cl)cc2)c2ccccc2c1=O)Nc1ccccc1. The molecule has 0 fully saturated rings. The highest BCUT2D eigenvalue weighted by atomic mass is 35.5. The van der Waals surface area contributed by atoms with Crippen molar-refractivity contribution in [3.63, 3.8) is 0 Å². The second-order valence-electron chi connectivity index (χ2n) is 6.59. The molecule has 0 atom stereocenters. The normalized spacial score (nSPS) is 10.8. The number of aryl methyl sites for hydroxylation is 1. The van der Waals surface area contributed by atoms with Crippen LogP contribution in [0.5, 0.6) is 0 Å². The third-order valence-electron chi connectivity index (χ3n) is 4.59. The molecule has 0 aliphatic carbocycles. The van der Waals surface area contributed by atoms with Crippen LogP contribution in [0.1, 0.15) is 6.42 Å². The van der Waals surface area contributed by atoms with Crippen molar-refractivity contribution in [3.8, 4) is 11.3 Å². The van der Waals surface area contributed by atoms with E-state index in [1.807, 2.05) is 60.7 Å². The van der Waals surface area contributed by atoms with Gasteiger partial charge in [0, 0.05) is 28.1 Å². The number of fused-ring (bicyclic) bond motifs is 1. The number of hydrogen-bond acceptors (Lipinski definition) is 3. The molecule has 0 saturated heterocycles. The summed E-state index contributed by atoms with van der Waals surface area (Å²) in [5.74, 6) is -0.175. The van der Waals surface area contributed by atoms with Crippen LogP contribution in [0, 0.1) is 0 Å². The van der Waals surface area contributed by atoms with Crippen LogP contribution in [0.15, 0.2) is 83.7 Å². The number of para-hydroxylation sites is 1. The first kappa shape index (κ1) is 18.9. The number of anilines is 1. The number of rotatable bonds is 5. The van der Waals surface area contributed by atoms with Crippen molar-refractivity contribution in [1.29, 1.82) is 0 Å². The van der Waals surface area contributed by atoms with Crippen LogP contribution in [0.2, 0.25) is 5.02 Å². The summed E-state index contributed by atoms with van der Waals surface area (Å²) in [6.45, 7) is 0.183. The number of halogens is 1. The molecule has 0 bridgehead atoms. The van der Waals surface area contributed by atoms with Crippen LogP contribution in [-0.4, -0.2) is 15.7 Å². The van der Waals surface area contributed by atoms with Gasteiger partial charge in [-0.1, -0.05) is 60.1 Å². The topological polar surface area (TPSA) is 64.0 Å². The molecule has 29 heavy (non-hydrogen) atoms. The summed E-state index contributed by atoms with van der Waals surface area (Å²) in [6.07, 6.45) is 0.139. The quantitative estimate of drug-likeness (QED) is 0.523. The first-order chi connectivity index (χ1) is 14.1. The summed E-state index contributed by atoms with van der Waals surface area (Å²) in [4.78, 5) is 25.2. The van der Waals surface area contributed by atoms with Crippen molar-refractivity contribution in [2.24, 2.45) is 0 Å². The largest absolute Gasteiger partial charge is 0.326 e. The van der Waals surface area contributed by atoms with Crippen LogP contribution in [0.25, 0.3) is 22.0 Å². The minimum atomic E-state index is -0.217. The average molecular weight is 404 g/mol. The molecule has 5 nitrogen and oxygen atoms in total. The molecule has 3 aromatic carbocycles. The Balaban J connectivity index is 1.66. The van der Waals surface area contributed by atoms with Crippen molar-refractivity contribution >= 4 is 34.0 Å². The zero-order chi connectivity index (χ0) is 20.2. The van der Waals surface area contributed by atoms with E-state index in [1.165, 1.54) is 4.68 Å². The monoisotopic (exact) mass is 403 g/mol. The molecule has 4 rings (SSSR count). The molecule has 0 aliphatic heterocycles. The molecule has 4 aromatic rings. The number of nitrogens with zero attached hydrogens (tertiary/aromatic N) is 2. The van der Waals surface area contributed by atoms with Crippen LogP contribution >= 0.6 is 11.6 Å². The predicted octanol–water partition coefficient (Wildman–Crippen LogP) is 4.75. The summed E-state index contributed by atoms with van der Waals surface area (Å²) >= 11 is 6.00. The second-order valence-corrected chi connectivity index (χ2v) is 7.03. The van der Waals surface area contributed by atoms with Gasteiger partial charge in [0.1, 0.15) is 0 Å².